The number of aryl methyl sites for hydroxylation is 4. The van der Waals surface area contributed by atoms with Crippen molar-refractivity contribution in [3.05, 3.63) is 264 Å². The number of rotatable bonds is 31. The van der Waals surface area contributed by atoms with Gasteiger partial charge in [-0.15, -0.1) is 0 Å². The Labute approximate surface area is 685 Å². The molecule has 0 amide bonds. The largest absolute Gasteiger partial charge is 0.488 e. The lowest BCUT2D eigenvalue weighted by Crippen LogP contribution is -2.05. The highest BCUT2D eigenvalue weighted by Gasteiger charge is 2.33. The van der Waals surface area contributed by atoms with Gasteiger partial charge in [-0.05, 0) is 225 Å². The van der Waals surface area contributed by atoms with Crippen LogP contribution in [0.15, 0.2) is 146 Å². The van der Waals surface area contributed by atoms with Crippen molar-refractivity contribution >= 4 is 96.4 Å². The van der Waals surface area contributed by atoms with Crippen LogP contribution in [0.25, 0.3) is 135 Å². The van der Waals surface area contributed by atoms with E-state index in [1.165, 1.54) is 46.6 Å². The van der Waals surface area contributed by atoms with Gasteiger partial charge in [0.25, 0.3) is 0 Å². The van der Waals surface area contributed by atoms with Crippen LogP contribution in [0.4, 0.5) is 27.6 Å². The number of allylic oxidation sites excluding steroid dienone is 4. The first-order chi connectivity index (χ1) is 57.4. The number of fused-ring (bicyclic) bond motifs is 16. The fourth-order valence-corrected chi connectivity index (χ4v) is 17.2. The molecule has 0 fully saturated rings. The van der Waals surface area contributed by atoms with Crippen molar-refractivity contribution in [2.24, 2.45) is 0 Å². The lowest BCUT2D eigenvalue weighted by Gasteiger charge is -2.19. The molecule has 0 saturated heterocycles. The number of H-pyrrole nitrogens is 4. The van der Waals surface area contributed by atoms with E-state index >= 15 is 17.6 Å². The Balaban J connectivity index is 1.01. The molecule has 18 heteroatoms. The van der Waals surface area contributed by atoms with Gasteiger partial charge in [-0.25, -0.2) is 41.9 Å². The Morgan fingerprint density at radius 2 is 0.831 bits per heavy atom. The van der Waals surface area contributed by atoms with Gasteiger partial charge in [0.15, 0.2) is 23.3 Å². The molecule has 0 radical (unpaired) electrons. The summed E-state index contributed by atoms with van der Waals surface area (Å²) in [5, 5.41) is 13.4. The zero-order valence-electron chi connectivity index (χ0n) is 68.5. The van der Waals surface area contributed by atoms with E-state index in [-0.39, 0.29) is 28.1 Å². The Morgan fingerprint density at radius 1 is 0.381 bits per heavy atom. The van der Waals surface area contributed by atoms with Crippen molar-refractivity contribution in [1.82, 2.24) is 39.9 Å². The molecule has 10 heterocycles. The average molecular weight is 1590 g/mol. The number of aromatic amines is 4. The molecular formula is C100H100F5N9O4. The van der Waals surface area contributed by atoms with E-state index in [2.05, 4.69) is 153 Å². The summed E-state index contributed by atoms with van der Waals surface area (Å²) in [6, 6.07) is 47.9. The minimum atomic E-state index is -2.33. The highest BCUT2D eigenvalue weighted by Crippen LogP contribution is 2.50. The third kappa shape index (κ3) is 16.6. The molecule has 0 unspecified atom stereocenters. The Morgan fingerprint density at radius 3 is 1.36 bits per heavy atom. The van der Waals surface area contributed by atoms with Gasteiger partial charge >= 0.3 is 5.69 Å². The molecule has 604 valence electrons. The van der Waals surface area contributed by atoms with Gasteiger partial charge in [-0.1, -0.05) is 196 Å². The highest BCUT2D eigenvalue weighted by atomic mass is 19.2. The van der Waals surface area contributed by atoms with Crippen LogP contribution in [-0.4, -0.2) is 44.8 Å². The summed E-state index contributed by atoms with van der Waals surface area (Å²) in [4.78, 5) is 49.4. The SMILES string of the molecule is CCCCCCC1=C(C)c2nc1cc1[nH]c(c(C)c1CCCCCC)c(-c1c(OCc3ccccc3)cccc1OCc1ccccc1)c1nc(cc3[nH]c(c(C)c3CCCCCC)c2-c2ccc(-c3c4nc(c([N+](=O)[O-])c5ccc([nH]5)c(-c5c(F)c(F)c(F)c(F)c5F)c5nc(cc6ccc3[nH]6)C=C5)C=C4)cc2)C(CCCCCC)=C1C. The summed E-state index contributed by atoms with van der Waals surface area (Å²) < 4.78 is 91.0. The highest BCUT2D eigenvalue weighted by molar-refractivity contribution is 6.06. The first-order valence-electron chi connectivity index (χ1n) is 42.0. The Hall–Kier alpha value is -12.1. The quantitative estimate of drug-likeness (QED) is 0.00829. The number of nitrogens with zero attached hydrogens (tertiary/aromatic N) is 5. The second-order valence-corrected chi connectivity index (χ2v) is 31.5. The molecule has 4 aliphatic heterocycles. The van der Waals surface area contributed by atoms with E-state index in [0.29, 0.717) is 47.0 Å². The van der Waals surface area contributed by atoms with Crippen molar-refractivity contribution < 1.29 is 36.3 Å². The normalized spacial score (nSPS) is 12.6. The van der Waals surface area contributed by atoms with Crippen molar-refractivity contribution in [1.29, 1.82) is 0 Å². The third-order valence-corrected chi connectivity index (χ3v) is 23.5. The van der Waals surface area contributed by atoms with Crippen LogP contribution in [0.2, 0.25) is 0 Å². The summed E-state index contributed by atoms with van der Waals surface area (Å²) in [6.45, 7) is 18.7. The van der Waals surface area contributed by atoms with E-state index < -0.39 is 50.8 Å². The molecule has 4 N–H and O–H groups in total. The summed E-state index contributed by atoms with van der Waals surface area (Å²) >= 11 is 0. The molecule has 0 spiro atoms. The maximum atomic E-state index is 16.0. The second kappa shape index (κ2) is 36.2. The van der Waals surface area contributed by atoms with Crippen LogP contribution in [-0.2, 0) is 26.1 Å². The fraction of sp³-hybridized carbons (Fsp3) is 0.300. The maximum Gasteiger partial charge on any atom is 0.318 e. The zero-order chi connectivity index (χ0) is 82.3. The molecule has 0 saturated carbocycles. The molecule has 0 aliphatic carbocycles. The van der Waals surface area contributed by atoms with E-state index in [4.69, 9.17) is 24.4 Å². The predicted octanol–water partition coefficient (Wildman–Crippen LogP) is 28.4. The molecular weight excluding hydrogens is 1490 g/mol. The smallest absolute Gasteiger partial charge is 0.318 e. The monoisotopic (exact) mass is 1590 g/mol. The van der Waals surface area contributed by atoms with Crippen molar-refractivity contribution in [2.45, 2.75) is 197 Å². The van der Waals surface area contributed by atoms with Gasteiger partial charge in [-0.2, -0.15) is 0 Å². The number of nitrogens with one attached hydrogen (secondary N) is 4. The maximum absolute atomic E-state index is 16.0. The summed E-state index contributed by atoms with van der Waals surface area (Å²) in [5.74, 6) is -9.47. The number of hydrogen-bond acceptors (Lipinski definition) is 8. The summed E-state index contributed by atoms with van der Waals surface area (Å²) in [6.07, 6.45) is 26.4. The number of unbranched alkanes of at least 4 members (excludes halogenated alkanes) is 12. The molecule has 15 rings (SSSR count). The second-order valence-electron chi connectivity index (χ2n) is 31.5. The van der Waals surface area contributed by atoms with Crippen LogP contribution in [0.1, 0.15) is 236 Å². The third-order valence-electron chi connectivity index (χ3n) is 23.5. The molecule has 0 atom stereocenters. The molecule has 4 aliphatic rings. The van der Waals surface area contributed by atoms with E-state index in [1.807, 2.05) is 54.6 Å². The standard InChI is InChI=1S/C100H100F5N9O4/c1-9-13-17-27-36-69-59(5)96-86(66-44-42-65(43-45-66)85-73-48-46-67(106-73)54-68-47-49-75(107-68)87(89-91(101)93(103)95(105)94(104)92(89)102)76-51-53-78(109-76)100(114(115)116)77-52-50-74(85)108-77)97-60(6)70(37-28-18-14-10-2)80(111-97)56-82-72(39-30-20-16-12-4)62(8)99(113-82)90(98-61(7)71(38-29-19-15-11-3)81(112-98)55-79(69)110-96)88-83(117-57-63-32-23-21-24-33-63)40-31-41-84(88)118-58-64-34-25-22-26-35-64/h21-26,31-35,40-56,106,109-110,113H,9-20,27-30,36-39,57-58H2,1-8H3. The van der Waals surface area contributed by atoms with Gasteiger partial charge in [0.2, 0.25) is 5.82 Å². The topological polar surface area (TPSA) is 176 Å². The number of ether oxygens (including phenoxy) is 2. The van der Waals surface area contributed by atoms with E-state index in [1.54, 1.807) is 18.2 Å². The molecule has 16 bridgehead atoms. The minimum absolute atomic E-state index is 0.0649. The van der Waals surface area contributed by atoms with E-state index in [0.717, 1.165) is 234 Å². The summed E-state index contributed by atoms with van der Waals surface area (Å²) in [5.41, 5.74) is 22.6. The van der Waals surface area contributed by atoms with Crippen LogP contribution in [0, 0.1) is 53.0 Å². The van der Waals surface area contributed by atoms with Crippen molar-refractivity contribution in [2.75, 3.05) is 0 Å². The number of nitro groups is 1. The van der Waals surface area contributed by atoms with Crippen LogP contribution in [0.5, 0.6) is 11.5 Å². The number of benzene rings is 5. The molecule has 11 aromatic rings. The van der Waals surface area contributed by atoms with Gasteiger partial charge in [0.05, 0.1) is 66.9 Å². The molecule has 13 nitrogen and oxygen atoms in total. The van der Waals surface area contributed by atoms with Crippen LogP contribution in [0.3, 0.4) is 0 Å². The lowest BCUT2D eigenvalue weighted by molar-refractivity contribution is -0.383. The zero-order valence-corrected chi connectivity index (χ0v) is 68.5. The van der Waals surface area contributed by atoms with Crippen molar-refractivity contribution in [3.63, 3.8) is 0 Å². The molecule has 118 heavy (non-hydrogen) atoms. The average Bonchev–Trinajstić information content (AvgIpc) is 1.55. The fourth-order valence-electron chi connectivity index (χ4n) is 17.2. The number of aromatic nitrogens is 8. The Bertz CT molecular complexity index is 6070. The number of halogens is 5. The first kappa shape index (κ1) is 81.1. The van der Waals surface area contributed by atoms with Crippen LogP contribution >= 0.6 is 0 Å². The first-order valence-corrected chi connectivity index (χ1v) is 42.0. The number of hydrogen-bond donors (Lipinski definition) is 4. The summed E-state index contributed by atoms with van der Waals surface area (Å²) in [7, 11) is 0. The van der Waals surface area contributed by atoms with Gasteiger partial charge < -0.3 is 29.4 Å². The predicted molar refractivity (Wildman–Crippen MR) is 471 cm³/mol. The lowest BCUT2D eigenvalue weighted by atomic mass is 9.92. The minimum Gasteiger partial charge on any atom is -0.488 e. The van der Waals surface area contributed by atoms with Gasteiger partial charge in [0.1, 0.15) is 35.9 Å². The molecule has 6 aromatic heterocycles. The van der Waals surface area contributed by atoms with Gasteiger partial charge in [0, 0.05) is 49.8 Å². The van der Waals surface area contributed by atoms with Gasteiger partial charge in [-0.3, -0.25) is 10.1 Å². The van der Waals surface area contributed by atoms with Crippen LogP contribution < -0.4 is 9.47 Å². The Kier molecular flexibility index (Phi) is 24.9. The van der Waals surface area contributed by atoms with Crippen molar-refractivity contribution in [3.8, 4) is 56.0 Å². The van der Waals surface area contributed by atoms with E-state index in [9.17, 15) is 14.5 Å². The molecule has 5 aromatic carbocycles.